The minimum Gasteiger partial charge on any atom is -0.442 e. The lowest BCUT2D eigenvalue weighted by atomic mass is 10.9. The van der Waals surface area contributed by atoms with Crippen molar-refractivity contribution in [1.82, 2.24) is 0 Å². The summed E-state index contributed by atoms with van der Waals surface area (Å²) in [7, 11) is -0.897. The minimum absolute atomic E-state index is 0.568. The van der Waals surface area contributed by atoms with Crippen LogP contribution in [0.15, 0.2) is 0 Å². The van der Waals surface area contributed by atoms with Gasteiger partial charge in [-0.1, -0.05) is 6.55 Å². The van der Waals surface area contributed by atoms with Crippen molar-refractivity contribution in [2.24, 2.45) is 0 Å². The van der Waals surface area contributed by atoms with Crippen LogP contribution in [0, 0.1) is 0 Å². The SMILES string of the molecule is CO[Si](CC[Si](C)(O)O[SiH2]C)(OC)OC. The topological polar surface area (TPSA) is 57.2 Å². The highest BCUT2D eigenvalue weighted by Crippen LogP contribution is 2.20. The summed E-state index contributed by atoms with van der Waals surface area (Å²) in [6.45, 7) is 3.80. The maximum atomic E-state index is 9.97. The van der Waals surface area contributed by atoms with E-state index in [9.17, 15) is 4.80 Å². The molecular weight excluding hydrogens is 248 g/mol. The first-order valence-electron chi connectivity index (χ1n) is 4.97. The molecule has 0 spiro atoms. The molecule has 0 radical (unpaired) electrons. The Hall–Kier alpha value is 0.451. The molecule has 0 aromatic heterocycles. The zero-order chi connectivity index (χ0) is 11.9. The van der Waals surface area contributed by atoms with Gasteiger partial charge in [0.1, 0.15) is 9.76 Å². The summed E-state index contributed by atoms with van der Waals surface area (Å²) in [5, 5.41) is 0. The van der Waals surface area contributed by atoms with E-state index in [4.69, 9.17) is 17.4 Å². The van der Waals surface area contributed by atoms with Gasteiger partial charge in [-0.25, -0.2) is 0 Å². The van der Waals surface area contributed by atoms with Crippen LogP contribution in [0.5, 0.6) is 0 Å². The van der Waals surface area contributed by atoms with E-state index < -0.39 is 27.1 Å². The first-order valence-corrected chi connectivity index (χ1v) is 11.5. The minimum atomic E-state index is -2.55. The molecule has 0 aromatic rings. The van der Waals surface area contributed by atoms with E-state index in [1.165, 1.54) is 0 Å². The highest BCUT2D eigenvalue weighted by molar-refractivity contribution is 6.71. The summed E-state index contributed by atoms with van der Waals surface area (Å²) in [4.78, 5) is 9.97. The second kappa shape index (κ2) is 6.91. The van der Waals surface area contributed by atoms with Crippen molar-refractivity contribution in [2.45, 2.75) is 25.2 Å². The lowest BCUT2D eigenvalue weighted by molar-refractivity contribution is 0.124. The van der Waals surface area contributed by atoms with E-state index in [0.717, 1.165) is 0 Å². The largest absolute Gasteiger partial charge is 0.500 e. The maximum Gasteiger partial charge on any atom is 0.500 e. The fourth-order valence-electron chi connectivity index (χ4n) is 1.32. The average Bonchev–Trinajstić information content (AvgIpc) is 2.21. The van der Waals surface area contributed by atoms with Gasteiger partial charge >= 0.3 is 17.4 Å². The summed E-state index contributed by atoms with van der Waals surface area (Å²) < 4.78 is 21.3. The Bertz CT molecular complexity index is 166. The number of hydrogen-bond donors (Lipinski definition) is 1. The van der Waals surface area contributed by atoms with Gasteiger partial charge in [0.05, 0.1) is 0 Å². The van der Waals surface area contributed by atoms with E-state index in [0.29, 0.717) is 12.1 Å². The lowest BCUT2D eigenvalue weighted by Crippen LogP contribution is -2.46. The Kier molecular flexibility index (Phi) is 7.12. The third-order valence-electron chi connectivity index (χ3n) is 2.28. The Morgan fingerprint density at radius 3 is 1.87 bits per heavy atom. The molecule has 92 valence electrons. The summed E-state index contributed by atoms with van der Waals surface area (Å²) >= 11 is 0. The van der Waals surface area contributed by atoms with Gasteiger partial charge in [0.2, 0.25) is 0 Å². The fraction of sp³-hybridized carbons (Fsp3) is 1.00. The predicted octanol–water partition coefficient (Wildman–Crippen LogP) is 0.0773. The zero-order valence-electron chi connectivity index (χ0n) is 10.2. The maximum absolute atomic E-state index is 9.97. The molecule has 0 saturated carbocycles. The highest BCUT2D eigenvalue weighted by Gasteiger charge is 2.41. The number of rotatable bonds is 8. The number of hydrogen-bond acceptors (Lipinski definition) is 5. The van der Waals surface area contributed by atoms with Crippen molar-refractivity contribution in [2.75, 3.05) is 21.3 Å². The third kappa shape index (κ3) is 5.36. The molecule has 0 aliphatic carbocycles. The Balaban J connectivity index is 4.20. The summed E-state index contributed by atoms with van der Waals surface area (Å²) in [6, 6.07) is 1.19. The van der Waals surface area contributed by atoms with Crippen LogP contribution < -0.4 is 0 Å². The zero-order valence-corrected chi connectivity index (χ0v) is 13.6. The second-order valence-electron chi connectivity index (χ2n) is 3.40. The molecule has 0 rings (SSSR count). The van der Waals surface area contributed by atoms with Crippen LogP contribution >= 0.6 is 0 Å². The van der Waals surface area contributed by atoms with Crippen molar-refractivity contribution < 1.29 is 22.2 Å². The molecule has 0 aromatic carbocycles. The van der Waals surface area contributed by atoms with Crippen LogP contribution in [0.4, 0.5) is 0 Å². The molecular formula is C7H22O5Si3. The molecule has 15 heavy (non-hydrogen) atoms. The molecule has 1 N–H and O–H groups in total. The van der Waals surface area contributed by atoms with Crippen molar-refractivity contribution in [3.8, 4) is 0 Å². The van der Waals surface area contributed by atoms with Crippen LogP contribution in [0.2, 0.25) is 25.2 Å². The molecule has 0 saturated heterocycles. The monoisotopic (exact) mass is 270 g/mol. The van der Waals surface area contributed by atoms with Gasteiger partial charge in [-0.2, -0.15) is 0 Å². The normalized spacial score (nSPS) is 17.2. The van der Waals surface area contributed by atoms with E-state index >= 15 is 0 Å². The molecule has 0 bridgehead atoms. The van der Waals surface area contributed by atoms with Crippen LogP contribution in [0.1, 0.15) is 0 Å². The van der Waals surface area contributed by atoms with E-state index in [2.05, 4.69) is 0 Å². The highest BCUT2D eigenvalue weighted by atomic mass is 28.4. The van der Waals surface area contributed by atoms with Gasteiger partial charge < -0.3 is 22.2 Å². The van der Waals surface area contributed by atoms with E-state index in [-0.39, 0.29) is 0 Å². The van der Waals surface area contributed by atoms with Gasteiger partial charge in [-0.15, -0.1) is 0 Å². The van der Waals surface area contributed by atoms with Crippen molar-refractivity contribution in [3.05, 3.63) is 0 Å². The molecule has 1 unspecified atom stereocenters. The molecule has 0 aliphatic rings. The van der Waals surface area contributed by atoms with Crippen molar-refractivity contribution in [3.63, 3.8) is 0 Å². The fourth-order valence-corrected chi connectivity index (χ4v) is 8.58. The van der Waals surface area contributed by atoms with E-state index in [1.54, 1.807) is 27.9 Å². The van der Waals surface area contributed by atoms with Crippen LogP contribution in [0.3, 0.4) is 0 Å². The molecule has 0 aliphatic heterocycles. The summed E-state index contributed by atoms with van der Waals surface area (Å²) in [6.07, 6.45) is 0. The molecule has 1 atom stereocenters. The first kappa shape index (κ1) is 15.5. The lowest BCUT2D eigenvalue weighted by Gasteiger charge is -2.27. The Morgan fingerprint density at radius 1 is 1.07 bits per heavy atom. The van der Waals surface area contributed by atoms with Gasteiger partial charge in [-0.3, -0.25) is 0 Å². The first-order chi connectivity index (χ1) is 6.95. The quantitative estimate of drug-likeness (QED) is 0.633. The van der Waals surface area contributed by atoms with Crippen LogP contribution in [-0.4, -0.2) is 53.3 Å². The third-order valence-corrected chi connectivity index (χ3v) is 10.3. The average molecular weight is 271 g/mol. The summed E-state index contributed by atoms with van der Waals surface area (Å²) in [5.41, 5.74) is 0. The Labute approximate surface area is 96.3 Å². The van der Waals surface area contributed by atoms with Crippen LogP contribution in [0.25, 0.3) is 0 Å². The van der Waals surface area contributed by atoms with Crippen molar-refractivity contribution >= 4 is 27.1 Å². The molecule has 8 heteroatoms. The van der Waals surface area contributed by atoms with Gasteiger partial charge in [0, 0.05) is 27.4 Å². The van der Waals surface area contributed by atoms with E-state index in [1.807, 2.05) is 6.55 Å². The smallest absolute Gasteiger partial charge is 0.442 e. The van der Waals surface area contributed by atoms with Gasteiger partial charge in [0.15, 0.2) is 0 Å². The van der Waals surface area contributed by atoms with Crippen LogP contribution in [-0.2, 0) is 17.4 Å². The summed E-state index contributed by atoms with van der Waals surface area (Å²) in [5.74, 6) is 0. The van der Waals surface area contributed by atoms with Crippen molar-refractivity contribution in [1.29, 1.82) is 0 Å². The molecule has 0 heterocycles. The standard InChI is InChI=1S/C7H22O5Si3/c1-9-15(10-2,11-3)7-6-14(5,8)12-13-4/h8H,6-7,13H2,1-5H3. The molecule has 0 fully saturated rings. The predicted molar refractivity (Wildman–Crippen MR) is 65.7 cm³/mol. The molecule has 0 amide bonds. The van der Waals surface area contributed by atoms with Gasteiger partial charge in [-0.05, 0) is 12.6 Å². The van der Waals surface area contributed by atoms with Gasteiger partial charge in [0.25, 0.3) is 0 Å². The second-order valence-corrected chi connectivity index (χ2v) is 11.1. The molecule has 5 nitrogen and oxygen atoms in total. The Morgan fingerprint density at radius 2 is 1.53 bits per heavy atom.